The highest BCUT2D eigenvalue weighted by Gasteiger charge is 2.01. The third-order valence-corrected chi connectivity index (χ3v) is 2.28. The van der Waals surface area contributed by atoms with Crippen LogP contribution in [0, 0.1) is 18.3 Å². The van der Waals surface area contributed by atoms with E-state index in [0.717, 1.165) is 17.2 Å². The molecule has 2 rings (SSSR count). The van der Waals surface area contributed by atoms with Crippen molar-refractivity contribution in [2.24, 2.45) is 0 Å². The summed E-state index contributed by atoms with van der Waals surface area (Å²) < 4.78 is 0. The van der Waals surface area contributed by atoms with Crippen molar-refractivity contribution in [1.29, 1.82) is 5.26 Å². The molecule has 0 unspecified atom stereocenters. The van der Waals surface area contributed by atoms with Crippen LogP contribution in [-0.4, -0.2) is 15.2 Å². The molecule has 0 spiro atoms. The number of rotatable bonds is 3. The van der Waals surface area contributed by atoms with Gasteiger partial charge in [-0.15, -0.1) is 0 Å². The maximum atomic E-state index is 8.79. The molecule has 0 fully saturated rings. The van der Waals surface area contributed by atoms with E-state index in [9.17, 15) is 0 Å². The van der Waals surface area contributed by atoms with Gasteiger partial charge in [-0.1, -0.05) is 0 Å². The number of pyridine rings is 1. The van der Waals surface area contributed by atoms with Gasteiger partial charge in [0.05, 0.1) is 23.5 Å². The van der Waals surface area contributed by atoms with E-state index in [1.807, 2.05) is 19.1 Å². The molecule has 2 aromatic heterocycles. The monoisotopic (exact) mass is 225 g/mol. The van der Waals surface area contributed by atoms with Crippen LogP contribution < -0.4 is 5.32 Å². The van der Waals surface area contributed by atoms with Crippen LogP contribution in [0.4, 0.5) is 5.82 Å². The van der Waals surface area contributed by atoms with Crippen molar-refractivity contribution in [3.8, 4) is 6.07 Å². The Hall–Kier alpha value is -2.48. The number of aromatic nitrogens is 3. The molecule has 2 heterocycles. The molecule has 0 aromatic carbocycles. The third kappa shape index (κ3) is 2.75. The fourth-order valence-electron chi connectivity index (χ4n) is 1.39. The predicted molar refractivity (Wildman–Crippen MR) is 63.0 cm³/mol. The number of aryl methyl sites for hydroxylation is 1. The number of hydrogen-bond donors (Lipinski definition) is 1. The Morgan fingerprint density at radius 1 is 1.35 bits per heavy atom. The van der Waals surface area contributed by atoms with Crippen LogP contribution in [-0.2, 0) is 6.54 Å². The molecule has 1 N–H and O–H groups in total. The highest BCUT2D eigenvalue weighted by molar-refractivity contribution is 5.43. The van der Waals surface area contributed by atoms with Crippen molar-refractivity contribution in [3.63, 3.8) is 0 Å². The third-order valence-electron chi connectivity index (χ3n) is 2.28. The van der Waals surface area contributed by atoms with Crippen molar-refractivity contribution in [3.05, 3.63) is 47.4 Å². The van der Waals surface area contributed by atoms with Gasteiger partial charge in [-0.2, -0.15) is 15.5 Å². The Labute approximate surface area is 99.2 Å². The smallest absolute Gasteiger partial charge is 0.126 e. The van der Waals surface area contributed by atoms with Crippen LogP contribution in [0.1, 0.15) is 17.0 Å². The maximum absolute atomic E-state index is 8.79. The maximum Gasteiger partial charge on any atom is 0.126 e. The van der Waals surface area contributed by atoms with Crippen molar-refractivity contribution in [2.45, 2.75) is 13.5 Å². The zero-order chi connectivity index (χ0) is 12.1. The zero-order valence-corrected chi connectivity index (χ0v) is 9.38. The molecular weight excluding hydrogens is 214 g/mol. The van der Waals surface area contributed by atoms with Crippen LogP contribution in [0.3, 0.4) is 0 Å². The van der Waals surface area contributed by atoms with Gasteiger partial charge in [0.1, 0.15) is 11.9 Å². The highest BCUT2D eigenvalue weighted by atomic mass is 15.1. The summed E-state index contributed by atoms with van der Waals surface area (Å²) in [4.78, 5) is 4.28. The largest absolute Gasteiger partial charge is 0.364 e. The standard InChI is InChI=1S/C12H11N5/c1-9-10(7-13)4-5-12(16-9)14-8-11-3-2-6-15-17-11/h2-6H,8H2,1H3,(H,14,16). The van der Waals surface area contributed by atoms with Crippen molar-refractivity contribution in [2.75, 3.05) is 5.32 Å². The first kappa shape index (κ1) is 11.0. The second-order valence-corrected chi connectivity index (χ2v) is 3.51. The lowest BCUT2D eigenvalue weighted by Crippen LogP contribution is -2.04. The molecule has 0 amide bonds. The number of nitrogens with zero attached hydrogens (tertiary/aromatic N) is 4. The van der Waals surface area contributed by atoms with E-state index in [0.29, 0.717) is 12.1 Å². The van der Waals surface area contributed by atoms with Gasteiger partial charge in [0.25, 0.3) is 0 Å². The van der Waals surface area contributed by atoms with Crippen LogP contribution >= 0.6 is 0 Å². The van der Waals surface area contributed by atoms with Crippen LogP contribution in [0.5, 0.6) is 0 Å². The first-order valence-electron chi connectivity index (χ1n) is 5.18. The van der Waals surface area contributed by atoms with Gasteiger partial charge in [0.2, 0.25) is 0 Å². The SMILES string of the molecule is Cc1nc(NCc2cccnn2)ccc1C#N. The summed E-state index contributed by atoms with van der Waals surface area (Å²) in [6.45, 7) is 2.37. The van der Waals surface area contributed by atoms with Gasteiger partial charge in [-0.3, -0.25) is 0 Å². The number of hydrogen-bond acceptors (Lipinski definition) is 5. The summed E-state index contributed by atoms with van der Waals surface area (Å²) in [5.41, 5.74) is 2.16. The van der Waals surface area contributed by atoms with E-state index in [1.54, 1.807) is 18.3 Å². The van der Waals surface area contributed by atoms with Crippen molar-refractivity contribution >= 4 is 5.82 Å². The molecule has 0 aliphatic carbocycles. The van der Waals surface area contributed by atoms with Crippen LogP contribution in [0.25, 0.3) is 0 Å². The topological polar surface area (TPSA) is 74.5 Å². The number of nitriles is 1. The molecule has 17 heavy (non-hydrogen) atoms. The lowest BCUT2D eigenvalue weighted by Gasteiger charge is -2.05. The minimum atomic E-state index is 0.562. The Morgan fingerprint density at radius 2 is 2.24 bits per heavy atom. The Morgan fingerprint density at radius 3 is 2.88 bits per heavy atom. The van der Waals surface area contributed by atoms with E-state index < -0.39 is 0 Å². The summed E-state index contributed by atoms with van der Waals surface area (Å²) in [6.07, 6.45) is 1.63. The molecule has 0 saturated carbocycles. The van der Waals surface area contributed by atoms with Gasteiger partial charge in [0.15, 0.2) is 0 Å². The van der Waals surface area contributed by atoms with Gasteiger partial charge < -0.3 is 5.32 Å². The Kier molecular flexibility index (Phi) is 3.26. The molecule has 84 valence electrons. The Balaban J connectivity index is 2.06. The van der Waals surface area contributed by atoms with Gasteiger partial charge in [0, 0.05) is 6.20 Å². The molecular formula is C12H11N5. The lowest BCUT2D eigenvalue weighted by atomic mass is 10.2. The molecule has 0 saturated heterocycles. The average molecular weight is 225 g/mol. The molecule has 2 aromatic rings. The summed E-state index contributed by atoms with van der Waals surface area (Å²) >= 11 is 0. The first-order chi connectivity index (χ1) is 8.29. The van der Waals surface area contributed by atoms with E-state index >= 15 is 0 Å². The second kappa shape index (κ2) is 5.03. The van der Waals surface area contributed by atoms with Crippen LogP contribution in [0.2, 0.25) is 0 Å². The molecule has 0 atom stereocenters. The molecule has 0 aliphatic heterocycles. The van der Waals surface area contributed by atoms with E-state index in [1.165, 1.54) is 0 Å². The summed E-state index contributed by atoms with van der Waals surface area (Å²) in [5, 5.41) is 19.7. The van der Waals surface area contributed by atoms with E-state index in [2.05, 4.69) is 26.6 Å². The summed E-state index contributed by atoms with van der Waals surface area (Å²) in [6, 6.07) is 9.33. The van der Waals surface area contributed by atoms with Crippen molar-refractivity contribution < 1.29 is 0 Å². The van der Waals surface area contributed by atoms with Gasteiger partial charge in [-0.25, -0.2) is 4.98 Å². The molecule has 0 radical (unpaired) electrons. The minimum absolute atomic E-state index is 0.562. The molecule has 0 bridgehead atoms. The van der Waals surface area contributed by atoms with Gasteiger partial charge in [-0.05, 0) is 31.2 Å². The molecule has 5 heteroatoms. The molecule has 5 nitrogen and oxygen atoms in total. The number of anilines is 1. The average Bonchev–Trinajstić information content (AvgIpc) is 2.38. The van der Waals surface area contributed by atoms with Gasteiger partial charge >= 0.3 is 0 Å². The Bertz CT molecular complexity index is 545. The molecule has 0 aliphatic rings. The van der Waals surface area contributed by atoms with Crippen LogP contribution in [0.15, 0.2) is 30.5 Å². The number of nitrogens with one attached hydrogen (secondary N) is 1. The van der Waals surface area contributed by atoms with Crippen molar-refractivity contribution in [1.82, 2.24) is 15.2 Å². The fraction of sp³-hybridized carbons (Fsp3) is 0.167. The summed E-state index contributed by atoms with van der Waals surface area (Å²) in [5.74, 6) is 0.729. The predicted octanol–water partition coefficient (Wildman–Crippen LogP) is 1.66. The fourth-order valence-corrected chi connectivity index (χ4v) is 1.39. The van der Waals surface area contributed by atoms with E-state index in [-0.39, 0.29) is 0 Å². The zero-order valence-electron chi connectivity index (χ0n) is 9.38. The normalized spacial score (nSPS) is 9.65. The minimum Gasteiger partial charge on any atom is -0.364 e. The second-order valence-electron chi connectivity index (χ2n) is 3.51. The quantitative estimate of drug-likeness (QED) is 0.859. The highest BCUT2D eigenvalue weighted by Crippen LogP contribution is 2.10. The first-order valence-corrected chi connectivity index (χ1v) is 5.18. The lowest BCUT2D eigenvalue weighted by molar-refractivity contribution is 0.919. The summed E-state index contributed by atoms with van der Waals surface area (Å²) in [7, 11) is 0. The van der Waals surface area contributed by atoms with E-state index in [4.69, 9.17) is 5.26 Å².